The number of pyridine rings is 1. The monoisotopic (exact) mass is 280 g/mol. The number of nitriles is 1. The number of hydrazone groups is 1. The summed E-state index contributed by atoms with van der Waals surface area (Å²) in [5.41, 5.74) is 3.71. The van der Waals surface area contributed by atoms with E-state index in [4.69, 9.17) is 10.00 Å². The molecule has 1 N–H and O–H groups in total. The van der Waals surface area contributed by atoms with Crippen LogP contribution in [0.1, 0.15) is 15.9 Å². The molecule has 104 valence electrons. The van der Waals surface area contributed by atoms with Crippen LogP contribution in [0.4, 0.5) is 0 Å². The van der Waals surface area contributed by atoms with E-state index in [9.17, 15) is 4.79 Å². The number of carbonyl (C=O) groups excluding carboxylic acids is 1. The van der Waals surface area contributed by atoms with Crippen LogP contribution < -0.4 is 10.2 Å². The molecule has 0 fully saturated rings. The Labute approximate surface area is 121 Å². The molecule has 0 radical (unpaired) electrons. The van der Waals surface area contributed by atoms with Crippen molar-refractivity contribution in [3.63, 3.8) is 0 Å². The highest BCUT2D eigenvalue weighted by Gasteiger charge is 2.01. The van der Waals surface area contributed by atoms with Gasteiger partial charge in [-0.05, 0) is 42.0 Å². The zero-order valence-electron chi connectivity index (χ0n) is 11.1. The quantitative estimate of drug-likeness (QED) is 0.667. The van der Waals surface area contributed by atoms with Crippen LogP contribution in [0.3, 0.4) is 0 Å². The van der Waals surface area contributed by atoms with E-state index < -0.39 is 0 Å². The summed E-state index contributed by atoms with van der Waals surface area (Å²) < 4.78 is 5.13. The van der Waals surface area contributed by atoms with Gasteiger partial charge in [-0.15, -0.1) is 0 Å². The maximum atomic E-state index is 11.7. The minimum atomic E-state index is -0.303. The summed E-state index contributed by atoms with van der Waals surface area (Å²) in [6.45, 7) is 0.00935. The number of carbonyl (C=O) groups is 1. The van der Waals surface area contributed by atoms with E-state index >= 15 is 0 Å². The summed E-state index contributed by atoms with van der Waals surface area (Å²) in [5.74, 6) is 0.303. The van der Waals surface area contributed by atoms with E-state index in [-0.39, 0.29) is 12.5 Å². The van der Waals surface area contributed by atoms with E-state index in [0.717, 1.165) is 5.56 Å². The minimum absolute atomic E-state index is 0.00935. The van der Waals surface area contributed by atoms with Gasteiger partial charge in [0, 0.05) is 18.0 Å². The highest BCUT2D eigenvalue weighted by atomic mass is 16.5. The van der Waals surface area contributed by atoms with Crippen LogP contribution >= 0.6 is 0 Å². The number of benzene rings is 1. The zero-order chi connectivity index (χ0) is 14.9. The van der Waals surface area contributed by atoms with Gasteiger partial charge in [0.1, 0.15) is 11.8 Å². The lowest BCUT2D eigenvalue weighted by Gasteiger charge is -2.01. The van der Waals surface area contributed by atoms with Gasteiger partial charge in [-0.1, -0.05) is 0 Å². The van der Waals surface area contributed by atoms with Gasteiger partial charge in [-0.25, -0.2) is 5.43 Å². The van der Waals surface area contributed by atoms with Crippen molar-refractivity contribution in [3.8, 4) is 11.8 Å². The van der Waals surface area contributed by atoms with Crippen LogP contribution in [0.25, 0.3) is 0 Å². The van der Waals surface area contributed by atoms with Crippen LogP contribution in [0.2, 0.25) is 0 Å². The summed E-state index contributed by atoms with van der Waals surface area (Å²) in [6, 6.07) is 12.1. The molecular weight excluding hydrogens is 268 g/mol. The molecule has 0 bridgehead atoms. The summed E-state index contributed by atoms with van der Waals surface area (Å²) in [4.78, 5) is 15.5. The first-order valence-electron chi connectivity index (χ1n) is 6.13. The fraction of sp³-hybridized carbons (Fsp3) is 0.0667. The lowest BCUT2D eigenvalue weighted by Crippen LogP contribution is -2.17. The van der Waals surface area contributed by atoms with E-state index in [1.54, 1.807) is 48.8 Å². The lowest BCUT2D eigenvalue weighted by molar-refractivity contribution is 0.0955. The maximum absolute atomic E-state index is 11.7. The molecule has 0 spiro atoms. The van der Waals surface area contributed by atoms with Crippen LogP contribution in [0.15, 0.2) is 53.9 Å². The van der Waals surface area contributed by atoms with E-state index in [0.29, 0.717) is 11.3 Å². The summed E-state index contributed by atoms with van der Waals surface area (Å²) in [7, 11) is 0. The van der Waals surface area contributed by atoms with Crippen molar-refractivity contribution in [2.75, 3.05) is 6.61 Å². The zero-order valence-corrected chi connectivity index (χ0v) is 11.1. The summed E-state index contributed by atoms with van der Waals surface area (Å²) in [5, 5.41) is 12.3. The molecule has 0 unspecified atom stereocenters. The van der Waals surface area contributed by atoms with Crippen LogP contribution in [0.5, 0.6) is 5.75 Å². The van der Waals surface area contributed by atoms with Gasteiger partial charge in [-0.2, -0.15) is 10.4 Å². The molecule has 1 aromatic heterocycles. The summed E-state index contributed by atoms with van der Waals surface area (Å²) >= 11 is 0. The number of aromatic nitrogens is 1. The predicted octanol–water partition coefficient (Wildman–Crippen LogP) is 1.75. The first-order valence-corrected chi connectivity index (χ1v) is 6.13. The van der Waals surface area contributed by atoms with Gasteiger partial charge >= 0.3 is 0 Å². The van der Waals surface area contributed by atoms with Crippen molar-refractivity contribution in [3.05, 3.63) is 59.9 Å². The van der Waals surface area contributed by atoms with Crippen LogP contribution in [0, 0.1) is 11.3 Å². The van der Waals surface area contributed by atoms with Crippen molar-refractivity contribution in [1.29, 1.82) is 5.26 Å². The predicted molar refractivity (Wildman–Crippen MR) is 76.8 cm³/mol. The van der Waals surface area contributed by atoms with Gasteiger partial charge < -0.3 is 4.74 Å². The second-order valence-electron chi connectivity index (χ2n) is 3.95. The standard InChI is InChI=1S/C15H12N4O2/c16-7-10-21-14-3-1-12(2-4-14)11-18-19-15(20)13-5-8-17-9-6-13/h1-6,8-9,11H,10H2,(H,19,20)/b18-11+. The molecule has 0 saturated carbocycles. The third kappa shape index (κ3) is 4.44. The number of nitrogens with zero attached hydrogens (tertiary/aromatic N) is 3. The molecule has 1 amide bonds. The highest BCUT2D eigenvalue weighted by molar-refractivity contribution is 5.94. The van der Waals surface area contributed by atoms with Crippen molar-refractivity contribution in [2.45, 2.75) is 0 Å². The Morgan fingerprint density at radius 1 is 1.29 bits per heavy atom. The average Bonchev–Trinajstić information content (AvgIpc) is 2.55. The highest BCUT2D eigenvalue weighted by Crippen LogP contribution is 2.10. The lowest BCUT2D eigenvalue weighted by atomic mass is 10.2. The number of hydrogen-bond acceptors (Lipinski definition) is 5. The Morgan fingerprint density at radius 3 is 2.67 bits per heavy atom. The van der Waals surface area contributed by atoms with Crippen LogP contribution in [-0.2, 0) is 0 Å². The third-order valence-corrected chi connectivity index (χ3v) is 2.51. The second-order valence-corrected chi connectivity index (χ2v) is 3.95. The normalized spacial score (nSPS) is 10.0. The van der Waals surface area contributed by atoms with Gasteiger partial charge in [0.25, 0.3) is 5.91 Å². The Bertz CT molecular complexity index is 660. The molecule has 0 aliphatic rings. The van der Waals surface area contributed by atoms with Crippen molar-refractivity contribution in [2.24, 2.45) is 5.10 Å². The smallest absolute Gasteiger partial charge is 0.271 e. The van der Waals surface area contributed by atoms with Crippen LogP contribution in [-0.4, -0.2) is 23.7 Å². The molecule has 0 aliphatic heterocycles. The Balaban J connectivity index is 1.90. The summed E-state index contributed by atoms with van der Waals surface area (Å²) in [6.07, 6.45) is 4.60. The number of rotatable bonds is 5. The van der Waals surface area contributed by atoms with Gasteiger partial charge in [0.15, 0.2) is 6.61 Å². The molecule has 6 nitrogen and oxygen atoms in total. The Morgan fingerprint density at radius 2 is 2.00 bits per heavy atom. The van der Waals surface area contributed by atoms with E-state index in [1.807, 2.05) is 6.07 Å². The molecule has 2 aromatic rings. The van der Waals surface area contributed by atoms with Gasteiger partial charge in [0.2, 0.25) is 0 Å². The molecule has 6 heteroatoms. The maximum Gasteiger partial charge on any atom is 0.271 e. The number of ether oxygens (including phenoxy) is 1. The minimum Gasteiger partial charge on any atom is -0.479 e. The topological polar surface area (TPSA) is 87.4 Å². The number of amides is 1. The molecule has 0 saturated heterocycles. The van der Waals surface area contributed by atoms with Crippen molar-refractivity contribution >= 4 is 12.1 Å². The second kappa shape index (κ2) is 7.40. The van der Waals surface area contributed by atoms with E-state index in [1.165, 1.54) is 6.21 Å². The first-order chi connectivity index (χ1) is 10.3. The molecule has 1 heterocycles. The Hall–Kier alpha value is -3.20. The van der Waals surface area contributed by atoms with Gasteiger partial charge in [0.05, 0.1) is 6.21 Å². The van der Waals surface area contributed by atoms with Crippen molar-refractivity contribution < 1.29 is 9.53 Å². The molecule has 1 aromatic carbocycles. The average molecular weight is 280 g/mol. The number of hydrogen-bond donors (Lipinski definition) is 1. The van der Waals surface area contributed by atoms with E-state index in [2.05, 4.69) is 15.5 Å². The molecule has 0 aliphatic carbocycles. The largest absolute Gasteiger partial charge is 0.479 e. The number of nitrogens with one attached hydrogen (secondary N) is 1. The SMILES string of the molecule is N#CCOc1ccc(/C=N/NC(=O)c2ccncc2)cc1. The Kier molecular flexibility index (Phi) is 5.01. The molecular formula is C15H12N4O2. The first kappa shape index (κ1) is 14.2. The third-order valence-electron chi connectivity index (χ3n) is 2.51. The van der Waals surface area contributed by atoms with Gasteiger partial charge in [-0.3, -0.25) is 9.78 Å². The fourth-order valence-electron chi connectivity index (χ4n) is 1.50. The van der Waals surface area contributed by atoms with Crippen molar-refractivity contribution in [1.82, 2.24) is 10.4 Å². The fourth-order valence-corrected chi connectivity index (χ4v) is 1.50. The molecule has 0 atom stereocenters. The molecule has 2 rings (SSSR count). The molecule has 21 heavy (non-hydrogen) atoms.